The van der Waals surface area contributed by atoms with Gasteiger partial charge in [0.25, 0.3) is 0 Å². The van der Waals surface area contributed by atoms with E-state index in [-0.39, 0.29) is 11.7 Å². The van der Waals surface area contributed by atoms with Crippen LogP contribution in [-0.4, -0.2) is 61.3 Å². The monoisotopic (exact) mass is 562 g/mol. The van der Waals surface area contributed by atoms with Gasteiger partial charge in [0, 0.05) is 36.3 Å². The predicted molar refractivity (Wildman–Crippen MR) is 162 cm³/mol. The summed E-state index contributed by atoms with van der Waals surface area (Å²) in [6.07, 6.45) is 5.06. The van der Waals surface area contributed by atoms with Crippen LogP contribution in [0.2, 0.25) is 0 Å². The number of hydrogen-bond acceptors (Lipinski definition) is 7. The van der Waals surface area contributed by atoms with Crippen LogP contribution in [0.25, 0.3) is 21.9 Å². The molecule has 5 aromatic rings. The molecule has 0 bridgehead atoms. The maximum Gasteiger partial charge on any atom is 0.335 e. The molecule has 2 saturated heterocycles. The molecule has 1 unspecified atom stereocenters. The van der Waals surface area contributed by atoms with Crippen molar-refractivity contribution in [3.8, 4) is 0 Å². The van der Waals surface area contributed by atoms with Gasteiger partial charge in [-0.1, -0.05) is 18.2 Å². The van der Waals surface area contributed by atoms with E-state index in [0.717, 1.165) is 84.8 Å². The molecule has 1 atom stereocenters. The average molecular weight is 563 g/mol. The van der Waals surface area contributed by atoms with Crippen molar-refractivity contribution < 1.29 is 14.6 Å². The number of carbonyl (C=O) groups is 1. The number of anilines is 1. The maximum atomic E-state index is 11.6. The van der Waals surface area contributed by atoms with Gasteiger partial charge in [0.1, 0.15) is 11.6 Å². The zero-order chi connectivity index (χ0) is 28.5. The molecule has 3 aromatic heterocycles. The van der Waals surface area contributed by atoms with Gasteiger partial charge in [-0.2, -0.15) is 0 Å². The normalized spacial score (nSPS) is 17.9. The third kappa shape index (κ3) is 5.57. The Balaban J connectivity index is 1.000. The molecule has 2 aromatic carbocycles. The Morgan fingerprint density at radius 3 is 2.64 bits per heavy atom. The minimum atomic E-state index is -0.924. The second kappa shape index (κ2) is 11.5. The van der Waals surface area contributed by atoms with Crippen LogP contribution in [-0.2, 0) is 24.4 Å². The summed E-state index contributed by atoms with van der Waals surface area (Å²) in [5.74, 6) is 1.35. The van der Waals surface area contributed by atoms with Crippen LogP contribution in [0.3, 0.4) is 0 Å². The minimum absolute atomic E-state index is 0.158. The molecule has 0 saturated carbocycles. The molecule has 9 heteroatoms. The number of ether oxygens (including phenoxy) is 1. The number of carboxylic acids is 1. The summed E-state index contributed by atoms with van der Waals surface area (Å²) in [6, 6.07) is 21.9. The summed E-state index contributed by atoms with van der Waals surface area (Å²) < 4.78 is 7.88. The number of nitrogens with zero attached hydrogens (tertiary/aromatic N) is 5. The molecule has 5 heterocycles. The first-order chi connectivity index (χ1) is 20.6. The van der Waals surface area contributed by atoms with Crippen molar-refractivity contribution in [1.29, 1.82) is 0 Å². The molecule has 2 aliphatic rings. The fourth-order valence-corrected chi connectivity index (χ4v) is 6.05. The Morgan fingerprint density at radius 2 is 1.83 bits per heavy atom. The van der Waals surface area contributed by atoms with E-state index in [1.165, 1.54) is 5.56 Å². The summed E-state index contributed by atoms with van der Waals surface area (Å²) in [5.41, 5.74) is 5.32. The van der Waals surface area contributed by atoms with E-state index in [1.807, 2.05) is 24.4 Å². The number of aromatic nitrogens is 4. The zero-order valence-corrected chi connectivity index (χ0v) is 23.4. The molecule has 0 aliphatic carbocycles. The van der Waals surface area contributed by atoms with Crippen molar-refractivity contribution in [3.63, 3.8) is 0 Å². The first kappa shape index (κ1) is 26.6. The summed E-state index contributed by atoms with van der Waals surface area (Å²) in [5, 5.41) is 14.2. The summed E-state index contributed by atoms with van der Waals surface area (Å²) >= 11 is 0. The Bertz CT molecular complexity index is 1740. The Morgan fingerprint density at radius 1 is 0.976 bits per heavy atom. The number of likely N-dealkylation sites (tertiary alicyclic amines) is 1. The maximum absolute atomic E-state index is 11.6. The smallest absolute Gasteiger partial charge is 0.335 e. The number of benzene rings is 2. The van der Waals surface area contributed by atoms with Gasteiger partial charge in [-0.25, -0.2) is 14.8 Å². The summed E-state index contributed by atoms with van der Waals surface area (Å²) in [4.78, 5) is 28.4. The van der Waals surface area contributed by atoms with Crippen LogP contribution in [0.5, 0.6) is 0 Å². The van der Waals surface area contributed by atoms with Gasteiger partial charge in [-0.15, -0.1) is 0 Å². The van der Waals surface area contributed by atoms with Crippen LogP contribution < -0.4 is 5.32 Å². The molecular formula is C33H34N6O3. The molecule has 0 amide bonds. The van der Waals surface area contributed by atoms with E-state index >= 15 is 0 Å². The van der Waals surface area contributed by atoms with Gasteiger partial charge in [0.2, 0.25) is 0 Å². The van der Waals surface area contributed by atoms with E-state index in [2.05, 4.69) is 56.2 Å². The minimum Gasteiger partial charge on any atom is -0.478 e. The van der Waals surface area contributed by atoms with Crippen molar-refractivity contribution in [2.75, 3.05) is 25.0 Å². The first-order valence-corrected chi connectivity index (χ1v) is 14.7. The molecule has 2 fully saturated rings. The van der Waals surface area contributed by atoms with E-state index in [1.54, 1.807) is 12.1 Å². The van der Waals surface area contributed by atoms with E-state index in [4.69, 9.17) is 14.7 Å². The fraction of sp³-hybridized carbons (Fsp3) is 0.333. The molecule has 2 aliphatic heterocycles. The highest BCUT2D eigenvalue weighted by Crippen LogP contribution is 2.29. The Labute approximate surface area is 244 Å². The standard InChI is InChI=1S/C33H34N6O3/c40-33(41)25-7-9-29-30(18-25)39(20-26-12-16-42-26)32(37-29)21-38-14-10-23(11-15-38)28-4-1-5-31(36-28)35-19-22-6-8-27-24(17-22)3-2-13-34-27/h1-9,13,17-18,23,26H,10-12,14-16,19-21H2,(H,35,36)(H,40,41). The molecule has 9 nitrogen and oxygen atoms in total. The molecule has 0 spiro atoms. The molecule has 7 rings (SSSR count). The number of aromatic carboxylic acids is 1. The van der Waals surface area contributed by atoms with Gasteiger partial charge >= 0.3 is 5.97 Å². The average Bonchev–Trinajstić information content (AvgIpc) is 3.34. The van der Waals surface area contributed by atoms with Crippen molar-refractivity contribution in [3.05, 3.63) is 95.6 Å². The van der Waals surface area contributed by atoms with Crippen molar-refractivity contribution >= 4 is 33.7 Å². The largest absolute Gasteiger partial charge is 0.478 e. The summed E-state index contributed by atoms with van der Waals surface area (Å²) in [7, 11) is 0. The lowest BCUT2D eigenvalue weighted by Crippen LogP contribution is -2.35. The number of imidazole rings is 1. The van der Waals surface area contributed by atoms with Crippen LogP contribution in [0, 0.1) is 0 Å². The second-order valence-corrected chi connectivity index (χ2v) is 11.3. The van der Waals surface area contributed by atoms with Crippen LogP contribution in [0.4, 0.5) is 5.82 Å². The highest BCUT2D eigenvalue weighted by molar-refractivity contribution is 5.92. The molecular weight excluding hydrogens is 528 g/mol. The van der Waals surface area contributed by atoms with Crippen LogP contribution in [0.15, 0.2) is 72.9 Å². The van der Waals surface area contributed by atoms with E-state index < -0.39 is 5.97 Å². The lowest BCUT2D eigenvalue weighted by Gasteiger charge is -2.32. The number of fused-ring (bicyclic) bond motifs is 2. The highest BCUT2D eigenvalue weighted by atomic mass is 16.5. The molecule has 2 N–H and O–H groups in total. The lowest BCUT2D eigenvalue weighted by atomic mass is 9.93. The van der Waals surface area contributed by atoms with Crippen molar-refractivity contribution in [1.82, 2.24) is 24.4 Å². The number of nitrogens with one attached hydrogen (secondary N) is 1. The molecule has 0 radical (unpaired) electrons. The SMILES string of the molecule is O=C(O)c1ccc2nc(CN3CCC(c4cccc(NCc5ccc6ncccc6c5)n4)CC3)n(CC3CCO3)c2c1. The van der Waals surface area contributed by atoms with Crippen molar-refractivity contribution in [2.45, 2.75) is 50.9 Å². The predicted octanol–water partition coefficient (Wildman–Crippen LogP) is 5.46. The topological polar surface area (TPSA) is 105 Å². The van der Waals surface area contributed by atoms with Crippen LogP contribution in [0.1, 0.15) is 52.6 Å². The first-order valence-electron chi connectivity index (χ1n) is 14.7. The van der Waals surface area contributed by atoms with Gasteiger partial charge in [0.15, 0.2) is 0 Å². The third-order valence-electron chi connectivity index (χ3n) is 8.54. The van der Waals surface area contributed by atoms with Gasteiger partial charge in [-0.05, 0) is 86.4 Å². The van der Waals surface area contributed by atoms with Crippen LogP contribution >= 0.6 is 0 Å². The van der Waals surface area contributed by atoms with Gasteiger partial charge in [-0.3, -0.25) is 9.88 Å². The quantitative estimate of drug-likeness (QED) is 0.244. The molecule has 42 heavy (non-hydrogen) atoms. The van der Waals surface area contributed by atoms with Crippen molar-refractivity contribution in [2.24, 2.45) is 0 Å². The second-order valence-electron chi connectivity index (χ2n) is 11.3. The number of pyridine rings is 2. The molecule has 214 valence electrons. The summed E-state index contributed by atoms with van der Waals surface area (Å²) in [6.45, 7) is 4.84. The number of carboxylic acid groups (broad SMARTS) is 1. The number of hydrogen-bond donors (Lipinski definition) is 2. The third-order valence-corrected chi connectivity index (χ3v) is 8.54. The zero-order valence-electron chi connectivity index (χ0n) is 23.4. The van der Waals surface area contributed by atoms with Gasteiger partial charge in [0.05, 0.1) is 41.3 Å². The Hall–Kier alpha value is -4.34. The fourth-order valence-electron chi connectivity index (χ4n) is 6.05. The van der Waals surface area contributed by atoms with Gasteiger partial charge < -0.3 is 19.7 Å². The number of piperidine rings is 1. The lowest BCUT2D eigenvalue weighted by molar-refractivity contribution is -0.0592. The van der Waals surface area contributed by atoms with E-state index in [9.17, 15) is 9.90 Å². The highest BCUT2D eigenvalue weighted by Gasteiger charge is 2.26. The Kier molecular flexibility index (Phi) is 7.27. The number of rotatable bonds is 9. The van der Waals surface area contributed by atoms with E-state index in [0.29, 0.717) is 19.0 Å².